The molecule has 0 spiro atoms. The van der Waals surface area contributed by atoms with Gasteiger partial charge in [-0.1, -0.05) is 12.1 Å². The van der Waals surface area contributed by atoms with Crippen molar-refractivity contribution in [3.8, 4) is 0 Å². The summed E-state index contributed by atoms with van der Waals surface area (Å²) >= 11 is -1.27. The average molecular weight is 375 g/mol. The molecule has 5 rings (SSSR count). The van der Waals surface area contributed by atoms with E-state index in [0.717, 1.165) is 51.1 Å². The Hall–Kier alpha value is -2.37. The molecule has 0 saturated heterocycles. The van der Waals surface area contributed by atoms with Crippen molar-refractivity contribution in [2.45, 2.75) is 49.3 Å². The van der Waals surface area contributed by atoms with Crippen LogP contribution < -0.4 is 4.90 Å². The average Bonchev–Trinajstić information content (AvgIpc) is 2.69. The maximum absolute atomic E-state index is 13.3. The van der Waals surface area contributed by atoms with Crippen LogP contribution in [0.1, 0.15) is 35.1 Å². The zero-order valence-electron chi connectivity index (χ0n) is 15.5. The number of rotatable bonds is 1. The van der Waals surface area contributed by atoms with Gasteiger partial charge in [0.15, 0.2) is 11.6 Å². The lowest BCUT2D eigenvalue weighted by molar-refractivity contribution is 0.592. The second-order valence-corrected chi connectivity index (χ2v) is 8.81. The van der Waals surface area contributed by atoms with Crippen LogP contribution in [0.15, 0.2) is 52.5 Å². The van der Waals surface area contributed by atoms with Gasteiger partial charge in [0.05, 0.1) is 5.69 Å². The van der Waals surface area contributed by atoms with Crippen molar-refractivity contribution in [2.24, 2.45) is 0 Å². The fourth-order valence-corrected chi connectivity index (χ4v) is 5.54. The Morgan fingerprint density at radius 3 is 2.22 bits per heavy atom. The Balaban J connectivity index is 1.80. The lowest BCUT2D eigenvalue weighted by Gasteiger charge is -2.33. The zero-order valence-corrected chi connectivity index (χ0v) is 16.3. The van der Waals surface area contributed by atoms with Crippen LogP contribution in [0.2, 0.25) is 0 Å². The standard InChI is InChI=1S/C22H21N3OS/c1-14-10-19-21(23-12-14)25(22-20(27(19)26)11-15(2)13-24-22)18-9-5-7-16-6-3-4-8-17(16)18/h5,7,9-13H,3-4,6,8H2,1-2H3. The summed E-state index contributed by atoms with van der Waals surface area (Å²) in [5, 5.41) is 0. The third kappa shape index (κ3) is 2.65. The van der Waals surface area contributed by atoms with E-state index in [1.54, 1.807) is 0 Å². The van der Waals surface area contributed by atoms with Crippen LogP contribution in [0.3, 0.4) is 0 Å². The molecule has 136 valence electrons. The molecule has 0 radical (unpaired) electrons. The number of pyridine rings is 2. The summed E-state index contributed by atoms with van der Waals surface area (Å²) in [4.78, 5) is 13.0. The maximum Gasteiger partial charge on any atom is 0.202 e. The third-order valence-corrected chi connectivity index (χ3v) is 6.77. The van der Waals surface area contributed by atoms with Crippen molar-refractivity contribution in [3.05, 3.63) is 65.0 Å². The molecule has 0 fully saturated rings. The Labute approximate surface area is 162 Å². The summed E-state index contributed by atoms with van der Waals surface area (Å²) in [6.45, 7) is 3.98. The predicted molar refractivity (Wildman–Crippen MR) is 108 cm³/mol. The first-order valence-electron chi connectivity index (χ1n) is 9.39. The highest BCUT2D eigenvalue weighted by Crippen LogP contribution is 2.48. The topological polar surface area (TPSA) is 52.1 Å². The third-order valence-electron chi connectivity index (χ3n) is 5.37. The minimum atomic E-state index is -1.27. The second-order valence-electron chi connectivity index (χ2n) is 7.39. The van der Waals surface area contributed by atoms with Crippen LogP contribution in [0.25, 0.3) is 0 Å². The summed E-state index contributed by atoms with van der Waals surface area (Å²) in [7, 11) is 0. The molecule has 3 aromatic rings. The van der Waals surface area contributed by atoms with Crippen LogP contribution in [-0.2, 0) is 24.0 Å². The van der Waals surface area contributed by atoms with Gasteiger partial charge in [-0.2, -0.15) is 0 Å². The van der Waals surface area contributed by atoms with Crippen molar-refractivity contribution in [2.75, 3.05) is 4.90 Å². The molecule has 0 N–H and O–H groups in total. The van der Waals surface area contributed by atoms with E-state index in [9.17, 15) is 4.55 Å². The molecule has 0 amide bonds. The molecular weight excluding hydrogens is 354 g/mol. The van der Waals surface area contributed by atoms with Gasteiger partial charge in [0.1, 0.15) is 0 Å². The summed E-state index contributed by atoms with van der Waals surface area (Å²) in [5.41, 5.74) is 5.94. The van der Waals surface area contributed by atoms with E-state index < -0.39 is 11.2 Å². The van der Waals surface area contributed by atoms with E-state index in [-0.39, 0.29) is 0 Å². The van der Waals surface area contributed by atoms with Gasteiger partial charge in [0.25, 0.3) is 0 Å². The lowest BCUT2D eigenvalue weighted by Crippen LogP contribution is -2.26. The fraction of sp³-hybridized carbons (Fsp3) is 0.273. The first-order chi connectivity index (χ1) is 13.1. The Morgan fingerprint density at radius 1 is 0.926 bits per heavy atom. The van der Waals surface area contributed by atoms with Gasteiger partial charge in [-0.3, -0.25) is 4.90 Å². The number of hydrogen-bond donors (Lipinski definition) is 0. The molecule has 1 aliphatic carbocycles. The summed E-state index contributed by atoms with van der Waals surface area (Å²) in [5.74, 6) is 1.48. The van der Waals surface area contributed by atoms with E-state index >= 15 is 0 Å². The molecule has 27 heavy (non-hydrogen) atoms. The number of aryl methyl sites for hydroxylation is 3. The minimum Gasteiger partial charge on any atom is -0.606 e. The number of anilines is 3. The highest BCUT2D eigenvalue weighted by molar-refractivity contribution is 7.92. The molecule has 0 unspecified atom stereocenters. The summed E-state index contributed by atoms with van der Waals surface area (Å²) in [6.07, 6.45) is 8.31. The van der Waals surface area contributed by atoms with Crippen molar-refractivity contribution in [3.63, 3.8) is 0 Å². The van der Waals surface area contributed by atoms with Crippen LogP contribution in [-0.4, -0.2) is 14.5 Å². The predicted octanol–water partition coefficient (Wildman–Crippen LogP) is 4.92. The number of hydrogen-bond acceptors (Lipinski definition) is 4. The smallest absolute Gasteiger partial charge is 0.202 e. The largest absolute Gasteiger partial charge is 0.606 e. The first-order valence-corrected chi connectivity index (χ1v) is 10.5. The number of fused-ring (bicyclic) bond motifs is 3. The molecule has 3 heterocycles. The SMILES string of the molecule is Cc1cnc2c(c1)[S+]([O-])c1cc(C)cnc1N2c1cccc2c1CCCC2. The number of nitrogens with zero attached hydrogens (tertiary/aromatic N) is 3. The molecule has 0 atom stereocenters. The van der Waals surface area contributed by atoms with Crippen LogP contribution in [0, 0.1) is 13.8 Å². The Bertz CT molecular complexity index is 996. The summed E-state index contributed by atoms with van der Waals surface area (Å²) in [6, 6.07) is 10.5. The second kappa shape index (κ2) is 6.36. The number of aromatic nitrogens is 2. The zero-order chi connectivity index (χ0) is 18.5. The molecule has 5 heteroatoms. The van der Waals surface area contributed by atoms with Crippen molar-refractivity contribution in [1.82, 2.24) is 9.97 Å². The van der Waals surface area contributed by atoms with Crippen LogP contribution >= 0.6 is 0 Å². The van der Waals surface area contributed by atoms with Gasteiger partial charge in [0, 0.05) is 35.7 Å². The van der Waals surface area contributed by atoms with E-state index in [2.05, 4.69) is 23.1 Å². The van der Waals surface area contributed by atoms with Gasteiger partial charge in [-0.25, -0.2) is 9.97 Å². The van der Waals surface area contributed by atoms with Gasteiger partial charge < -0.3 is 4.55 Å². The fourth-order valence-electron chi connectivity index (χ4n) is 4.10. The van der Waals surface area contributed by atoms with Gasteiger partial charge >= 0.3 is 0 Å². The van der Waals surface area contributed by atoms with Crippen molar-refractivity contribution >= 4 is 28.5 Å². The maximum atomic E-state index is 13.3. The van der Waals surface area contributed by atoms with E-state index in [0.29, 0.717) is 0 Å². The molecular formula is C22H21N3OS. The van der Waals surface area contributed by atoms with Crippen molar-refractivity contribution in [1.29, 1.82) is 0 Å². The summed E-state index contributed by atoms with van der Waals surface area (Å²) < 4.78 is 13.3. The highest BCUT2D eigenvalue weighted by Gasteiger charge is 2.38. The molecule has 2 aliphatic rings. The normalized spacial score (nSPS) is 15.9. The van der Waals surface area contributed by atoms with E-state index in [1.165, 1.54) is 24.0 Å². The first kappa shape index (κ1) is 16.8. The van der Waals surface area contributed by atoms with Crippen LogP contribution in [0.4, 0.5) is 17.3 Å². The molecule has 0 saturated carbocycles. The molecule has 0 bridgehead atoms. The number of benzene rings is 1. The minimum absolute atomic E-state index is 0.738. The Kier molecular flexibility index (Phi) is 3.95. The molecule has 1 aliphatic heterocycles. The van der Waals surface area contributed by atoms with Crippen LogP contribution in [0.5, 0.6) is 0 Å². The molecule has 1 aromatic carbocycles. The van der Waals surface area contributed by atoms with Gasteiger partial charge in [-0.05, 0) is 67.9 Å². The lowest BCUT2D eigenvalue weighted by atomic mass is 9.90. The molecule has 4 nitrogen and oxygen atoms in total. The van der Waals surface area contributed by atoms with Gasteiger partial charge in [0.2, 0.25) is 9.79 Å². The monoisotopic (exact) mass is 375 g/mol. The highest BCUT2D eigenvalue weighted by atomic mass is 32.2. The molecule has 2 aromatic heterocycles. The van der Waals surface area contributed by atoms with Gasteiger partial charge in [-0.15, -0.1) is 0 Å². The van der Waals surface area contributed by atoms with E-state index in [4.69, 9.17) is 9.97 Å². The van der Waals surface area contributed by atoms with E-state index in [1.807, 2.05) is 38.4 Å². The quantitative estimate of drug-likeness (QED) is 0.566. The Morgan fingerprint density at radius 2 is 1.56 bits per heavy atom. The van der Waals surface area contributed by atoms with Crippen molar-refractivity contribution < 1.29 is 4.55 Å².